The van der Waals surface area contributed by atoms with Gasteiger partial charge >= 0.3 is 15.6 Å². The summed E-state index contributed by atoms with van der Waals surface area (Å²) in [7, 11) is -9.94. The van der Waals surface area contributed by atoms with Gasteiger partial charge in [-0.3, -0.25) is 4.89 Å². The largest absolute Gasteiger partial charge is 0.536 e. The Morgan fingerprint density at radius 2 is 1.80 bits per heavy atom. The molecule has 0 rings (SSSR count). The van der Waals surface area contributed by atoms with Crippen molar-refractivity contribution in [2.24, 2.45) is 0 Å². The molecule has 0 saturated heterocycles. The minimum absolute atomic E-state index is 0.529. The summed E-state index contributed by atoms with van der Waals surface area (Å²) >= 11 is 0. The van der Waals surface area contributed by atoms with Crippen LogP contribution in [0, 0.1) is 0 Å². The van der Waals surface area contributed by atoms with E-state index in [1.54, 1.807) is 0 Å². The topological polar surface area (TPSA) is 113 Å². The summed E-state index contributed by atoms with van der Waals surface area (Å²) in [5, 5.41) is 0. The van der Waals surface area contributed by atoms with E-state index >= 15 is 0 Å². The highest BCUT2D eigenvalue weighted by Gasteiger charge is 2.32. The third-order valence-corrected chi connectivity index (χ3v) is 2.73. The molecule has 82 valence electrons. The first-order chi connectivity index (χ1) is 6.77. The average Bonchev–Trinajstić information content (AvgIpc) is 1.99. The second-order valence-electron chi connectivity index (χ2n) is 1.84. The van der Waals surface area contributed by atoms with Crippen LogP contribution in [-0.4, -0.2) is 14.7 Å². The van der Waals surface area contributed by atoms with E-state index in [0.29, 0.717) is 6.26 Å². The summed E-state index contributed by atoms with van der Waals surface area (Å²) in [4.78, 5) is 25.1. The minimum atomic E-state index is -5.09. The van der Waals surface area contributed by atoms with Gasteiger partial charge in [0.25, 0.3) is 0 Å². The minimum Gasteiger partial charge on any atom is -0.403 e. The molecule has 1 unspecified atom stereocenters. The maximum Gasteiger partial charge on any atom is 0.536 e. The van der Waals surface area contributed by atoms with Gasteiger partial charge in [-0.1, -0.05) is 5.73 Å². The van der Waals surface area contributed by atoms with Crippen molar-refractivity contribution in [2.45, 2.75) is 0 Å². The molecule has 0 aromatic rings. The van der Waals surface area contributed by atoms with Gasteiger partial charge in [-0.15, -0.1) is 0 Å². The molecule has 9 heteroatoms. The van der Waals surface area contributed by atoms with Crippen molar-refractivity contribution in [3.05, 3.63) is 35.8 Å². The molecule has 15 heavy (non-hydrogen) atoms. The molecule has 0 aliphatic heterocycles. The Morgan fingerprint density at radius 3 is 2.27 bits per heavy atom. The van der Waals surface area contributed by atoms with Crippen molar-refractivity contribution in [1.29, 1.82) is 0 Å². The Hall–Kier alpha value is -1.04. The first kappa shape index (κ1) is 14.0. The lowest BCUT2D eigenvalue weighted by Crippen LogP contribution is -1.88. The molecule has 0 saturated carbocycles. The van der Waals surface area contributed by atoms with Crippen molar-refractivity contribution in [3.8, 4) is 0 Å². The summed E-state index contributed by atoms with van der Waals surface area (Å²) in [6.07, 6.45) is 0.529. The summed E-state index contributed by atoms with van der Waals surface area (Å²) in [5.74, 6) is 0. The molecule has 0 spiro atoms. The fraction of sp³-hybridized carbons (Fsp3) is 0. The van der Waals surface area contributed by atoms with Crippen molar-refractivity contribution in [3.63, 3.8) is 0 Å². The van der Waals surface area contributed by atoms with Gasteiger partial charge in [0.2, 0.25) is 0 Å². The molecular weight excluding hydrogens is 246 g/mol. The monoisotopic (exact) mass is 252 g/mol. The molecule has 0 aromatic carbocycles. The molecule has 0 radical (unpaired) electrons. The Morgan fingerprint density at radius 1 is 1.20 bits per heavy atom. The Bertz CT molecular complexity index is 464. The van der Waals surface area contributed by atoms with Gasteiger partial charge in [0.1, 0.15) is 6.26 Å². The smallest absolute Gasteiger partial charge is 0.403 e. The van der Waals surface area contributed by atoms with E-state index in [1.165, 1.54) is 0 Å². The quantitative estimate of drug-likeness (QED) is 0.388. The predicted molar refractivity (Wildman–Crippen MR) is 48.3 cm³/mol. The molecule has 0 amide bonds. The van der Waals surface area contributed by atoms with Crippen molar-refractivity contribution < 1.29 is 32.6 Å². The first-order valence-corrected chi connectivity index (χ1v) is 6.17. The molecule has 0 aliphatic rings. The van der Waals surface area contributed by atoms with Gasteiger partial charge in [-0.25, -0.2) is 9.13 Å². The summed E-state index contributed by atoms with van der Waals surface area (Å²) in [5.41, 5.74) is 8.54. The Labute approximate surface area is 84.8 Å². The highest BCUT2D eigenvalue weighted by molar-refractivity contribution is 7.60. The zero-order chi connectivity index (χ0) is 11.9. The van der Waals surface area contributed by atoms with E-state index in [9.17, 15) is 9.13 Å². The third kappa shape index (κ3) is 9.27. The summed E-state index contributed by atoms with van der Waals surface area (Å²) < 4.78 is 28.3. The molecule has 0 aliphatic carbocycles. The van der Waals surface area contributed by atoms with E-state index in [1.807, 2.05) is 0 Å². The normalized spacial score (nSPS) is 13.5. The number of phosphoric ester groups is 1. The fourth-order valence-corrected chi connectivity index (χ4v) is 1.77. The second kappa shape index (κ2) is 5.75. The van der Waals surface area contributed by atoms with Gasteiger partial charge in [0.15, 0.2) is 0 Å². The first-order valence-electron chi connectivity index (χ1n) is 3.14. The van der Waals surface area contributed by atoms with Gasteiger partial charge in [0, 0.05) is 0 Å². The highest BCUT2D eigenvalue weighted by atomic mass is 31.3. The molecule has 0 heterocycles. The van der Waals surface area contributed by atoms with Gasteiger partial charge in [-0.05, 0) is 23.8 Å². The SMILES string of the molecule is C=C=C=C=C=COP(=O)(O)OP(=O)(O)O. The van der Waals surface area contributed by atoms with Crippen LogP contribution in [0.15, 0.2) is 35.8 Å². The van der Waals surface area contributed by atoms with E-state index < -0.39 is 15.6 Å². The molecule has 3 N–H and O–H groups in total. The zero-order valence-electron chi connectivity index (χ0n) is 7.15. The summed E-state index contributed by atoms with van der Waals surface area (Å²) in [6, 6.07) is 0. The fourth-order valence-electron chi connectivity index (χ4n) is 0.356. The Kier molecular flexibility index (Phi) is 5.35. The van der Waals surface area contributed by atoms with Crippen LogP contribution in [0.25, 0.3) is 0 Å². The maximum atomic E-state index is 10.7. The van der Waals surface area contributed by atoms with Crippen LogP contribution < -0.4 is 0 Å². The predicted octanol–water partition coefficient (Wildman–Crippen LogP) is 0.977. The second-order valence-corrected chi connectivity index (χ2v) is 4.62. The Balaban J connectivity index is 4.62. The van der Waals surface area contributed by atoms with Crippen molar-refractivity contribution >= 4 is 15.6 Å². The van der Waals surface area contributed by atoms with Crippen LogP contribution in [0.3, 0.4) is 0 Å². The van der Waals surface area contributed by atoms with Crippen LogP contribution in [-0.2, 0) is 18.0 Å². The van der Waals surface area contributed by atoms with Crippen molar-refractivity contribution in [2.75, 3.05) is 0 Å². The lowest BCUT2D eigenvalue weighted by molar-refractivity contribution is 0.217. The van der Waals surface area contributed by atoms with Crippen LogP contribution >= 0.6 is 15.6 Å². The van der Waals surface area contributed by atoms with E-state index in [-0.39, 0.29) is 0 Å². The van der Waals surface area contributed by atoms with Crippen LogP contribution in [0.4, 0.5) is 0 Å². The third-order valence-electron chi connectivity index (χ3n) is 0.677. The number of hydrogen-bond donors (Lipinski definition) is 3. The van der Waals surface area contributed by atoms with Gasteiger partial charge < -0.3 is 14.3 Å². The van der Waals surface area contributed by atoms with E-state index in [0.717, 1.165) is 0 Å². The maximum absolute atomic E-state index is 10.7. The molecule has 0 fully saturated rings. The van der Waals surface area contributed by atoms with Crippen LogP contribution in [0.2, 0.25) is 0 Å². The molecule has 7 nitrogen and oxygen atoms in total. The molecule has 1 atom stereocenters. The number of phosphoric acid groups is 2. The van der Waals surface area contributed by atoms with E-state index in [2.05, 4.69) is 38.3 Å². The molecular formula is C6H6O7P2. The van der Waals surface area contributed by atoms with Crippen LogP contribution in [0.5, 0.6) is 0 Å². The van der Waals surface area contributed by atoms with Crippen LogP contribution in [0.1, 0.15) is 0 Å². The molecule has 0 bridgehead atoms. The molecule has 0 aromatic heterocycles. The standard InChI is InChI=1S/C6H6O7P2/c1-2-3-4-5-6-12-15(10,11)13-14(7,8)9/h6H,1H2,(H,10,11)(H2,7,8,9). The van der Waals surface area contributed by atoms with Gasteiger partial charge in [-0.2, -0.15) is 4.31 Å². The lowest BCUT2D eigenvalue weighted by atomic mass is 10.7. The number of hydrogen-bond acceptors (Lipinski definition) is 4. The van der Waals surface area contributed by atoms with E-state index in [4.69, 9.17) is 14.7 Å². The average molecular weight is 252 g/mol. The van der Waals surface area contributed by atoms with Gasteiger partial charge in [0.05, 0.1) is 0 Å². The summed E-state index contributed by atoms with van der Waals surface area (Å²) in [6.45, 7) is 3.13. The zero-order valence-corrected chi connectivity index (χ0v) is 8.94. The lowest BCUT2D eigenvalue weighted by Gasteiger charge is -2.08. The number of rotatable bonds is 4. The highest BCUT2D eigenvalue weighted by Crippen LogP contribution is 2.57. The van der Waals surface area contributed by atoms with Crippen molar-refractivity contribution in [1.82, 2.24) is 0 Å².